The molecular weight excluding hydrogens is 375 g/mol. The van der Waals surface area contributed by atoms with Crippen molar-refractivity contribution in [2.75, 3.05) is 18.4 Å². The first-order valence-corrected chi connectivity index (χ1v) is 7.74. The number of carbonyl (C=O) groups excluding carboxylic acids is 2. The molecule has 3 N–H and O–H groups in total. The van der Waals surface area contributed by atoms with Crippen molar-refractivity contribution in [2.24, 2.45) is 0 Å². The van der Waals surface area contributed by atoms with Gasteiger partial charge in [0.2, 0.25) is 11.8 Å². The van der Waals surface area contributed by atoms with Gasteiger partial charge in [0.25, 0.3) is 5.92 Å². The normalized spacial score (nSPS) is 25.2. The third-order valence-electron chi connectivity index (χ3n) is 4.37. The molecule has 0 bridgehead atoms. The average molecular weight is 396 g/mol. The molecule has 2 amide bonds. The second-order valence-corrected chi connectivity index (χ2v) is 6.05. The highest BCUT2D eigenvalue weighted by Gasteiger charge is 2.42. The van der Waals surface area contributed by atoms with E-state index in [9.17, 15) is 18.4 Å². The van der Waals surface area contributed by atoms with E-state index in [1.807, 2.05) is 0 Å². The van der Waals surface area contributed by atoms with Gasteiger partial charge in [-0.2, -0.15) is 0 Å². The molecule has 2 atom stereocenters. The van der Waals surface area contributed by atoms with Gasteiger partial charge >= 0.3 is 0 Å². The van der Waals surface area contributed by atoms with Gasteiger partial charge in [0.15, 0.2) is 0 Å². The van der Waals surface area contributed by atoms with Crippen LogP contribution >= 0.6 is 24.8 Å². The number of alkyl halides is 2. The summed E-state index contributed by atoms with van der Waals surface area (Å²) in [6, 6.07) is 6.30. The zero-order chi connectivity index (χ0) is 16.4. The Balaban J connectivity index is 0.00000156. The van der Waals surface area contributed by atoms with Gasteiger partial charge in [-0.15, -0.1) is 24.8 Å². The summed E-state index contributed by atoms with van der Waals surface area (Å²) >= 11 is 0. The molecule has 0 saturated carbocycles. The van der Waals surface area contributed by atoms with E-state index >= 15 is 0 Å². The number of halogens is 4. The topological polar surface area (TPSA) is 70.2 Å². The van der Waals surface area contributed by atoms with E-state index in [0.717, 1.165) is 0 Å². The fraction of sp³-hybridized carbons (Fsp3) is 0.500. The lowest BCUT2D eigenvalue weighted by molar-refractivity contribution is -0.133. The van der Waals surface area contributed by atoms with Crippen LogP contribution in [0.2, 0.25) is 0 Å². The standard InChI is InChI=1S/C16H19F2N3O2.2ClH/c17-16(18)9-19-8-7-12(16)10-1-3-11(4-2-10)20-13-5-6-14(22)21-15(13)23;;/h1-4,12-13,19-20H,5-9H2,(H,21,22,23);2*1H. The highest BCUT2D eigenvalue weighted by molar-refractivity contribution is 6.01. The van der Waals surface area contributed by atoms with Crippen LogP contribution in [0.15, 0.2) is 24.3 Å². The van der Waals surface area contributed by atoms with Crippen molar-refractivity contribution >= 4 is 42.3 Å². The van der Waals surface area contributed by atoms with Crippen LogP contribution in [0.25, 0.3) is 0 Å². The Kier molecular flexibility index (Phi) is 7.59. The highest BCUT2D eigenvalue weighted by Crippen LogP contribution is 2.38. The van der Waals surface area contributed by atoms with Crippen LogP contribution in [0.1, 0.15) is 30.7 Å². The first-order valence-electron chi connectivity index (χ1n) is 7.74. The molecule has 0 aliphatic carbocycles. The third kappa shape index (κ3) is 5.03. The number of hydrogen-bond acceptors (Lipinski definition) is 4. The molecule has 1 aromatic carbocycles. The predicted molar refractivity (Wildman–Crippen MR) is 95.9 cm³/mol. The van der Waals surface area contributed by atoms with Gasteiger partial charge in [-0.3, -0.25) is 14.9 Å². The van der Waals surface area contributed by atoms with Crippen LogP contribution in [0.5, 0.6) is 0 Å². The molecule has 25 heavy (non-hydrogen) atoms. The van der Waals surface area contributed by atoms with Crippen molar-refractivity contribution in [3.8, 4) is 0 Å². The van der Waals surface area contributed by atoms with Crippen molar-refractivity contribution in [2.45, 2.75) is 37.1 Å². The van der Waals surface area contributed by atoms with Gasteiger partial charge in [-0.05, 0) is 37.1 Å². The Bertz CT molecular complexity index is 614. The Morgan fingerprint density at radius 1 is 1.08 bits per heavy atom. The van der Waals surface area contributed by atoms with E-state index in [-0.39, 0.29) is 43.2 Å². The third-order valence-corrected chi connectivity index (χ3v) is 4.37. The minimum absolute atomic E-state index is 0. The van der Waals surface area contributed by atoms with Gasteiger partial charge in [0.1, 0.15) is 6.04 Å². The SMILES string of the molecule is Cl.Cl.O=C1CCC(Nc2ccc(C3CCNCC3(F)F)cc2)C(=O)N1. The number of imide groups is 1. The molecule has 2 aliphatic heterocycles. The fourth-order valence-corrected chi connectivity index (χ4v) is 3.09. The van der Waals surface area contributed by atoms with Crippen LogP contribution < -0.4 is 16.0 Å². The van der Waals surface area contributed by atoms with Crippen LogP contribution in [0, 0.1) is 0 Å². The van der Waals surface area contributed by atoms with E-state index in [2.05, 4.69) is 16.0 Å². The molecule has 0 aromatic heterocycles. The van der Waals surface area contributed by atoms with Gasteiger partial charge in [-0.25, -0.2) is 8.78 Å². The number of anilines is 1. The predicted octanol–water partition coefficient (Wildman–Crippen LogP) is 2.46. The molecule has 0 radical (unpaired) electrons. The van der Waals surface area contributed by atoms with Gasteiger partial charge < -0.3 is 10.6 Å². The summed E-state index contributed by atoms with van der Waals surface area (Å²) in [6.07, 6.45) is 1.12. The van der Waals surface area contributed by atoms with Crippen molar-refractivity contribution < 1.29 is 18.4 Å². The van der Waals surface area contributed by atoms with Crippen molar-refractivity contribution in [1.82, 2.24) is 10.6 Å². The maximum atomic E-state index is 14.0. The number of rotatable bonds is 3. The number of amides is 2. The minimum atomic E-state index is -2.75. The van der Waals surface area contributed by atoms with Crippen LogP contribution in [0.4, 0.5) is 14.5 Å². The quantitative estimate of drug-likeness (QED) is 0.687. The lowest BCUT2D eigenvalue weighted by Crippen LogP contribution is -2.47. The summed E-state index contributed by atoms with van der Waals surface area (Å²) in [7, 11) is 0. The number of hydrogen-bond donors (Lipinski definition) is 3. The molecular formula is C16H21Cl2F2N3O2. The van der Waals surface area contributed by atoms with E-state index in [1.165, 1.54) is 0 Å². The zero-order valence-corrected chi connectivity index (χ0v) is 15.0. The molecule has 2 saturated heterocycles. The second kappa shape index (κ2) is 8.78. The van der Waals surface area contributed by atoms with Gasteiger partial charge in [0, 0.05) is 12.1 Å². The Hall–Kier alpha value is -1.44. The molecule has 2 heterocycles. The lowest BCUT2D eigenvalue weighted by Gasteiger charge is -2.32. The molecule has 2 unspecified atom stereocenters. The Morgan fingerprint density at radius 2 is 1.76 bits per heavy atom. The minimum Gasteiger partial charge on any atom is -0.374 e. The van der Waals surface area contributed by atoms with E-state index in [0.29, 0.717) is 37.1 Å². The summed E-state index contributed by atoms with van der Waals surface area (Å²) in [5.41, 5.74) is 1.28. The van der Waals surface area contributed by atoms with Gasteiger partial charge in [-0.1, -0.05) is 12.1 Å². The maximum Gasteiger partial charge on any atom is 0.267 e. The van der Waals surface area contributed by atoms with Crippen LogP contribution in [-0.4, -0.2) is 36.9 Å². The Morgan fingerprint density at radius 3 is 2.36 bits per heavy atom. The maximum absolute atomic E-state index is 14.0. The van der Waals surface area contributed by atoms with Gasteiger partial charge in [0.05, 0.1) is 12.5 Å². The molecule has 2 aliphatic rings. The highest BCUT2D eigenvalue weighted by atomic mass is 35.5. The Labute approximate surface area is 157 Å². The molecule has 9 heteroatoms. The second-order valence-electron chi connectivity index (χ2n) is 6.05. The summed E-state index contributed by atoms with van der Waals surface area (Å²) in [4.78, 5) is 22.8. The summed E-state index contributed by atoms with van der Waals surface area (Å²) in [6.45, 7) is 0.282. The smallest absolute Gasteiger partial charge is 0.267 e. The molecule has 5 nitrogen and oxygen atoms in total. The van der Waals surface area contributed by atoms with Crippen LogP contribution in [-0.2, 0) is 9.59 Å². The molecule has 0 spiro atoms. The summed E-state index contributed by atoms with van der Waals surface area (Å²) in [5, 5.41) is 8.03. The summed E-state index contributed by atoms with van der Waals surface area (Å²) in [5.74, 6) is -4.16. The molecule has 2 fully saturated rings. The molecule has 140 valence electrons. The van der Waals surface area contributed by atoms with E-state index < -0.39 is 17.9 Å². The first-order chi connectivity index (χ1) is 11.0. The monoisotopic (exact) mass is 395 g/mol. The summed E-state index contributed by atoms with van der Waals surface area (Å²) < 4.78 is 27.9. The average Bonchev–Trinajstić information content (AvgIpc) is 2.51. The van der Waals surface area contributed by atoms with Crippen molar-refractivity contribution in [3.05, 3.63) is 29.8 Å². The van der Waals surface area contributed by atoms with E-state index in [1.54, 1.807) is 24.3 Å². The van der Waals surface area contributed by atoms with E-state index in [4.69, 9.17) is 0 Å². The first kappa shape index (κ1) is 21.6. The van der Waals surface area contributed by atoms with Crippen LogP contribution in [0.3, 0.4) is 0 Å². The molecule has 3 rings (SSSR count). The number of benzene rings is 1. The fourth-order valence-electron chi connectivity index (χ4n) is 3.09. The number of carbonyl (C=O) groups is 2. The largest absolute Gasteiger partial charge is 0.374 e. The zero-order valence-electron chi connectivity index (χ0n) is 13.4. The van der Waals surface area contributed by atoms with Crippen molar-refractivity contribution in [3.63, 3.8) is 0 Å². The molecule has 1 aromatic rings. The van der Waals surface area contributed by atoms with Crippen molar-refractivity contribution in [1.29, 1.82) is 0 Å². The number of nitrogens with one attached hydrogen (secondary N) is 3. The lowest BCUT2D eigenvalue weighted by atomic mass is 9.87. The number of piperidine rings is 2.